The summed E-state index contributed by atoms with van der Waals surface area (Å²) in [6, 6.07) is 12.5. The first-order chi connectivity index (χ1) is 11.9. The number of hydrogen-bond donors (Lipinski definition) is 1. The Balaban J connectivity index is 2.07. The van der Waals surface area contributed by atoms with Crippen molar-refractivity contribution in [3.63, 3.8) is 0 Å². The van der Waals surface area contributed by atoms with Crippen LogP contribution in [0.2, 0.25) is 5.02 Å². The molecular formula is C19H21ClN2O3. The molecule has 0 aliphatic carbocycles. The summed E-state index contributed by atoms with van der Waals surface area (Å²) in [4.78, 5) is 25.8. The zero-order valence-electron chi connectivity index (χ0n) is 14.5. The van der Waals surface area contributed by atoms with Gasteiger partial charge in [-0.05, 0) is 36.8 Å². The first kappa shape index (κ1) is 18.8. The molecule has 0 spiro atoms. The minimum absolute atomic E-state index is 0.143. The van der Waals surface area contributed by atoms with Crippen LogP contribution >= 0.6 is 11.6 Å². The largest absolute Gasteiger partial charge is 0.495 e. The van der Waals surface area contributed by atoms with Crippen LogP contribution in [0.1, 0.15) is 18.9 Å². The molecule has 2 aromatic carbocycles. The van der Waals surface area contributed by atoms with Crippen molar-refractivity contribution in [2.45, 2.75) is 20.3 Å². The lowest BCUT2D eigenvalue weighted by Crippen LogP contribution is -2.32. The van der Waals surface area contributed by atoms with Crippen LogP contribution in [0.4, 0.5) is 11.4 Å². The van der Waals surface area contributed by atoms with Crippen molar-refractivity contribution in [1.29, 1.82) is 0 Å². The van der Waals surface area contributed by atoms with Gasteiger partial charge >= 0.3 is 0 Å². The topological polar surface area (TPSA) is 58.6 Å². The summed E-state index contributed by atoms with van der Waals surface area (Å²) in [6.45, 7) is 3.63. The predicted octanol–water partition coefficient (Wildman–Crippen LogP) is 4.04. The highest BCUT2D eigenvalue weighted by Gasteiger charge is 2.16. The van der Waals surface area contributed by atoms with E-state index in [1.807, 2.05) is 25.1 Å². The molecular weight excluding hydrogens is 340 g/mol. The Morgan fingerprint density at radius 1 is 1.20 bits per heavy atom. The standard InChI is InChI=1S/C19H21ClN2O3/c1-13-8-9-15(20)12-17(13)22(14(2)23)11-10-19(24)21-16-6-4-5-7-18(16)25-3/h4-9,12H,10-11H2,1-3H3,(H,21,24). The van der Waals surface area contributed by atoms with E-state index in [-0.39, 0.29) is 24.8 Å². The van der Waals surface area contributed by atoms with Crippen LogP contribution in [-0.4, -0.2) is 25.5 Å². The van der Waals surface area contributed by atoms with Crippen LogP contribution in [0.5, 0.6) is 5.75 Å². The summed E-state index contributed by atoms with van der Waals surface area (Å²) in [5, 5.41) is 3.35. The number of carbonyl (C=O) groups is 2. The second-order valence-corrected chi connectivity index (χ2v) is 6.04. The third kappa shape index (κ3) is 4.97. The van der Waals surface area contributed by atoms with E-state index in [4.69, 9.17) is 16.3 Å². The molecule has 25 heavy (non-hydrogen) atoms. The van der Waals surface area contributed by atoms with E-state index < -0.39 is 0 Å². The Labute approximate surface area is 152 Å². The van der Waals surface area contributed by atoms with Crippen LogP contribution in [0.25, 0.3) is 0 Å². The van der Waals surface area contributed by atoms with Gasteiger partial charge in [-0.1, -0.05) is 29.8 Å². The van der Waals surface area contributed by atoms with Crippen molar-refractivity contribution in [1.82, 2.24) is 0 Å². The lowest BCUT2D eigenvalue weighted by atomic mass is 10.1. The van der Waals surface area contributed by atoms with Gasteiger partial charge in [0.2, 0.25) is 11.8 Å². The molecule has 0 saturated carbocycles. The summed E-state index contributed by atoms with van der Waals surface area (Å²) in [5.41, 5.74) is 2.23. The summed E-state index contributed by atoms with van der Waals surface area (Å²) >= 11 is 6.04. The van der Waals surface area contributed by atoms with Gasteiger partial charge in [0.15, 0.2) is 0 Å². The fourth-order valence-corrected chi connectivity index (χ4v) is 2.66. The number of amides is 2. The Bertz CT molecular complexity index is 777. The normalized spacial score (nSPS) is 10.2. The van der Waals surface area contributed by atoms with Crippen LogP contribution in [0.15, 0.2) is 42.5 Å². The average Bonchev–Trinajstić information content (AvgIpc) is 2.58. The number of para-hydroxylation sites is 2. The molecule has 0 fully saturated rings. The van der Waals surface area contributed by atoms with E-state index in [2.05, 4.69) is 5.32 Å². The minimum Gasteiger partial charge on any atom is -0.495 e. The van der Waals surface area contributed by atoms with Crippen molar-refractivity contribution in [2.24, 2.45) is 0 Å². The van der Waals surface area contributed by atoms with E-state index >= 15 is 0 Å². The van der Waals surface area contributed by atoms with Crippen molar-refractivity contribution < 1.29 is 14.3 Å². The Morgan fingerprint density at radius 3 is 2.60 bits per heavy atom. The van der Waals surface area contributed by atoms with Gasteiger partial charge in [-0.3, -0.25) is 9.59 Å². The zero-order valence-corrected chi connectivity index (χ0v) is 15.3. The average molecular weight is 361 g/mol. The quantitative estimate of drug-likeness (QED) is 0.845. The highest BCUT2D eigenvalue weighted by Crippen LogP contribution is 2.26. The van der Waals surface area contributed by atoms with Crippen LogP contribution in [0, 0.1) is 6.92 Å². The van der Waals surface area contributed by atoms with Gasteiger partial charge in [0.25, 0.3) is 0 Å². The molecule has 0 unspecified atom stereocenters. The monoisotopic (exact) mass is 360 g/mol. The molecule has 2 amide bonds. The number of anilines is 2. The fourth-order valence-electron chi connectivity index (χ4n) is 2.49. The molecule has 0 bridgehead atoms. The van der Waals surface area contributed by atoms with Crippen molar-refractivity contribution >= 4 is 34.8 Å². The molecule has 0 radical (unpaired) electrons. The van der Waals surface area contributed by atoms with Gasteiger partial charge < -0.3 is 15.0 Å². The van der Waals surface area contributed by atoms with Gasteiger partial charge in [0, 0.05) is 30.6 Å². The van der Waals surface area contributed by atoms with Crippen molar-refractivity contribution in [3.05, 3.63) is 53.1 Å². The number of rotatable bonds is 6. The Hall–Kier alpha value is -2.53. The van der Waals surface area contributed by atoms with E-state index in [0.717, 1.165) is 5.56 Å². The smallest absolute Gasteiger partial charge is 0.226 e. The van der Waals surface area contributed by atoms with E-state index in [9.17, 15) is 9.59 Å². The number of ether oxygens (including phenoxy) is 1. The predicted molar refractivity (Wildman–Crippen MR) is 100 cm³/mol. The molecule has 2 rings (SSSR count). The number of methoxy groups -OCH3 is 1. The fraction of sp³-hybridized carbons (Fsp3) is 0.263. The van der Waals surface area contributed by atoms with Crippen LogP contribution < -0.4 is 15.0 Å². The van der Waals surface area contributed by atoms with Crippen molar-refractivity contribution in [3.8, 4) is 5.75 Å². The van der Waals surface area contributed by atoms with Crippen molar-refractivity contribution in [2.75, 3.05) is 23.9 Å². The molecule has 132 valence electrons. The van der Waals surface area contributed by atoms with Gasteiger partial charge in [-0.25, -0.2) is 0 Å². The zero-order chi connectivity index (χ0) is 18.4. The highest BCUT2D eigenvalue weighted by molar-refractivity contribution is 6.31. The minimum atomic E-state index is -0.199. The maximum atomic E-state index is 12.3. The van der Waals surface area contributed by atoms with Gasteiger partial charge in [-0.2, -0.15) is 0 Å². The number of halogens is 1. The molecule has 1 N–H and O–H groups in total. The molecule has 0 atom stereocenters. The summed E-state index contributed by atoms with van der Waals surface area (Å²) < 4.78 is 5.21. The first-order valence-corrected chi connectivity index (χ1v) is 8.27. The molecule has 0 aromatic heterocycles. The maximum absolute atomic E-state index is 12.3. The highest BCUT2D eigenvalue weighted by atomic mass is 35.5. The number of benzene rings is 2. The molecule has 6 heteroatoms. The Morgan fingerprint density at radius 2 is 1.92 bits per heavy atom. The van der Waals surface area contributed by atoms with E-state index in [1.54, 1.807) is 36.3 Å². The van der Waals surface area contributed by atoms with Gasteiger partial charge in [0.1, 0.15) is 5.75 Å². The first-order valence-electron chi connectivity index (χ1n) is 7.89. The SMILES string of the molecule is COc1ccccc1NC(=O)CCN(C(C)=O)c1cc(Cl)ccc1C. The lowest BCUT2D eigenvalue weighted by molar-refractivity contribution is -0.117. The van der Waals surface area contributed by atoms with E-state index in [0.29, 0.717) is 22.1 Å². The number of carbonyl (C=O) groups excluding carboxylic acids is 2. The Kier molecular flexibility index (Phi) is 6.42. The molecule has 0 heterocycles. The van der Waals surface area contributed by atoms with Crippen LogP contribution in [0.3, 0.4) is 0 Å². The molecule has 5 nitrogen and oxygen atoms in total. The van der Waals surface area contributed by atoms with E-state index in [1.165, 1.54) is 6.92 Å². The third-order valence-electron chi connectivity index (χ3n) is 3.79. The second kappa shape index (κ2) is 8.53. The van der Waals surface area contributed by atoms with Gasteiger partial charge in [-0.15, -0.1) is 0 Å². The number of aryl methyl sites for hydroxylation is 1. The number of nitrogens with one attached hydrogen (secondary N) is 1. The third-order valence-corrected chi connectivity index (χ3v) is 4.02. The molecule has 2 aromatic rings. The lowest BCUT2D eigenvalue weighted by Gasteiger charge is -2.23. The second-order valence-electron chi connectivity index (χ2n) is 5.60. The molecule has 0 saturated heterocycles. The summed E-state index contributed by atoms with van der Waals surface area (Å²) in [6.07, 6.45) is 0.156. The van der Waals surface area contributed by atoms with Gasteiger partial charge in [0.05, 0.1) is 12.8 Å². The van der Waals surface area contributed by atoms with Crippen LogP contribution in [-0.2, 0) is 9.59 Å². The molecule has 0 aliphatic heterocycles. The number of hydrogen-bond acceptors (Lipinski definition) is 3. The molecule has 0 aliphatic rings. The number of nitrogens with zero attached hydrogens (tertiary/aromatic N) is 1. The summed E-state index contributed by atoms with van der Waals surface area (Å²) in [7, 11) is 1.55. The summed E-state index contributed by atoms with van der Waals surface area (Å²) in [5.74, 6) is 0.246. The maximum Gasteiger partial charge on any atom is 0.226 e.